The van der Waals surface area contributed by atoms with Crippen LogP contribution < -0.4 is 9.47 Å². The van der Waals surface area contributed by atoms with Crippen LogP contribution in [0.4, 0.5) is 0 Å². The van der Waals surface area contributed by atoms with Crippen LogP contribution in [-0.4, -0.2) is 78.7 Å². The van der Waals surface area contributed by atoms with Crippen molar-refractivity contribution in [1.29, 1.82) is 0 Å². The normalized spacial score (nSPS) is 21.4. The molecule has 0 spiro atoms. The van der Waals surface area contributed by atoms with Crippen LogP contribution in [0.1, 0.15) is 16.8 Å². The number of benzene rings is 1. The van der Waals surface area contributed by atoms with Crippen LogP contribution >= 0.6 is 0 Å². The monoisotopic (exact) mass is 411 g/mol. The van der Waals surface area contributed by atoms with Crippen LogP contribution in [0.3, 0.4) is 0 Å². The van der Waals surface area contributed by atoms with Gasteiger partial charge in [-0.2, -0.15) is 0 Å². The second-order valence-electron chi connectivity index (χ2n) is 7.31. The minimum atomic E-state index is -0.580. The van der Waals surface area contributed by atoms with Crippen molar-refractivity contribution in [3.8, 4) is 11.5 Å². The molecule has 30 heavy (non-hydrogen) atoms. The standard InChI is InChI=1S/C22H25N3O5/c1-28-17-5-2-4-16(12-17)21(26)25-15-19(30-18-6-3-7-23-14-18)13-20(25)22(27)24-8-10-29-11-9-24/h2-7,12,14,19-20H,8-11,13,15H2,1H3/t19-,20+/m0/s1. The Kier molecular flexibility index (Phi) is 6.13. The van der Waals surface area contributed by atoms with Crippen molar-refractivity contribution >= 4 is 11.8 Å². The highest BCUT2D eigenvalue weighted by atomic mass is 16.5. The van der Waals surface area contributed by atoms with Crippen molar-refractivity contribution in [2.45, 2.75) is 18.6 Å². The number of likely N-dealkylation sites (tertiary alicyclic amines) is 1. The van der Waals surface area contributed by atoms with E-state index in [4.69, 9.17) is 14.2 Å². The first kappa shape index (κ1) is 20.2. The van der Waals surface area contributed by atoms with Crippen molar-refractivity contribution in [2.24, 2.45) is 0 Å². The number of methoxy groups -OCH3 is 1. The first-order valence-electron chi connectivity index (χ1n) is 10.0. The average Bonchev–Trinajstić information content (AvgIpc) is 3.23. The van der Waals surface area contributed by atoms with Crippen LogP contribution in [0, 0.1) is 0 Å². The predicted octanol–water partition coefficient (Wildman–Crippen LogP) is 1.61. The van der Waals surface area contributed by atoms with Crippen molar-refractivity contribution in [1.82, 2.24) is 14.8 Å². The summed E-state index contributed by atoms with van der Waals surface area (Å²) in [6.07, 6.45) is 3.44. The van der Waals surface area contributed by atoms with E-state index in [-0.39, 0.29) is 17.9 Å². The van der Waals surface area contributed by atoms with Crippen LogP contribution in [0.5, 0.6) is 11.5 Å². The SMILES string of the molecule is COc1cccc(C(=O)N2C[C@@H](Oc3cccnc3)C[C@@H]2C(=O)N2CCOCC2)c1. The average molecular weight is 411 g/mol. The molecule has 1 aromatic heterocycles. The lowest BCUT2D eigenvalue weighted by Crippen LogP contribution is -2.51. The number of hydrogen-bond donors (Lipinski definition) is 0. The first-order chi connectivity index (χ1) is 14.7. The summed E-state index contributed by atoms with van der Waals surface area (Å²) in [5, 5.41) is 0. The molecule has 0 bridgehead atoms. The highest BCUT2D eigenvalue weighted by Gasteiger charge is 2.43. The molecule has 158 valence electrons. The zero-order chi connectivity index (χ0) is 20.9. The van der Waals surface area contributed by atoms with E-state index in [0.717, 1.165) is 0 Å². The second kappa shape index (κ2) is 9.13. The Balaban J connectivity index is 1.56. The van der Waals surface area contributed by atoms with Gasteiger partial charge in [0.1, 0.15) is 23.6 Å². The van der Waals surface area contributed by atoms with Gasteiger partial charge in [-0.3, -0.25) is 14.6 Å². The van der Waals surface area contributed by atoms with Gasteiger partial charge in [-0.1, -0.05) is 6.07 Å². The van der Waals surface area contributed by atoms with E-state index in [2.05, 4.69) is 4.98 Å². The molecule has 2 atom stereocenters. The minimum Gasteiger partial charge on any atom is -0.497 e. The quantitative estimate of drug-likeness (QED) is 0.744. The Hall–Kier alpha value is -3.13. The number of morpholine rings is 1. The molecule has 4 rings (SSSR count). The Bertz CT molecular complexity index is 885. The van der Waals surface area contributed by atoms with Crippen LogP contribution in [0.15, 0.2) is 48.8 Å². The summed E-state index contributed by atoms with van der Waals surface area (Å²) in [7, 11) is 1.56. The summed E-state index contributed by atoms with van der Waals surface area (Å²) in [6.45, 7) is 2.41. The summed E-state index contributed by atoms with van der Waals surface area (Å²) < 4.78 is 16.6. The second-order valence-corrected chi connectivity index (χ2v) is 7.31. The van der Waals surface area contributed by atoms with Gasteiger partial charge in [0.2, 0.25) is 5.91 Å². The van der Waals surface area contributed by atoms with Gasteiger partial charge in [0.15, 0.2) is 0 Å². The number of pyridine rings is 1. The molecule has 2 aliphatic heterocycles. The van der Waals surface area contributed by atoms with Crippen molar-refractivity contribution < 1.29 is 23.8 Å². The molecule has 2 amide bonds. The molecular formula is C22H25N3O5. The number of amides is 2. The highest BCUT2D eigenvalue weighted by molar-refractivity contribution is 5.98. The predicted molar refractivity (Wildman–Crippen MR) is 108 cm³/mol. The molecule has 3 heterocycles. The van der Waals surface area contributed by atoms with E-state index in [0.29, 0.717) is 56.3 Å². The lowest BCUT2D eigenvalue weighted by Gasteiger charge is -2.32. The fraction of sp³-hybridized carbons (Fsp3) is 0.409. The number of carbonyl (C=O) groups excluding carboxylic acids is 2. The molecule has 8 nitrogen and oxygen atoms in total. The minimum absolute atomic E-state index is 0.0631. The van der Waals surface area contributed by atoms with Crippen molar-refractivity contribution in [2.75, 3.05) is 40.0 Å². The van der Waals surface area contributed by atoms with Gasteiger partial charge in [-0.25, -0.2) is 0 Å². The van der Waals surface area contributed by atoms with Crippen molar-refractivity contribution in [3.63, 3.8) is 0 Å². The van der Waals surface area contributed by atoms with Gasteiger partial charge in [-0.05, 0) is 30.3 Å². The lowest BCUT2D eigenvalue weighted by molar-refractivity contribution is -0.139. The zero-order valence-electron chi connectivity index (χ0n) is 16.9. The highest BCUT2D eigenvalue weighted by Crippen LogP contribution is 2.27. The molecule has 0 unspecified atom stereocenters. The Morgan fingerprint density at radius 3 is 2.67 bits per heavy atom. The largest absolute Gasteiger partial charge is 0.497 e. The Morgan fingerprint density at radius 2 is 1.93 bits per heavy atom. The number of ether oxygens (including phenoxy) is 3. The van der Waals surface area contributed by atoms with Crippen LogP contribution in [0.25, 0.3) is 0 Å². The summed E-state index contributed by atoms with van der Waals surface area (Å²) >= 11 is 0. The van der Waals surface area contributed by atoms with Gasteiger partial charge in [0.05, 0.1) is 33.1 Å². The van der Waals surface area contributed by atoms with E-state index in [9.17, 15) is 9.59 Å². The molecule has 0 N–H and O–H groups in total. The topological polar surface area (TPSA) is 81.2 Å². The summed E-state index contributed by atoms with van der Waals surface area (Å²) in [4.78, 5) is 34.0. The van der Waals surface area contributed by atoms with E-state index < -0.39 is 6.04 Å². The van der Waals surface area contributed by atoms with Gasteiger partial charge in [-0.15, -0.1) is 0 Å². The van der Waals surface area contributed by atoms with E-state index in [1.807, 2.05) is 6.07 Å². The summed E-state index contributed by atoms with van der Waals surface area (Å²) in [6, 6.07) is 10.0. The third-order valence-electron chi connectivity index (χ3n) is 5.39. The van der Waals surface area contributed by atoms with E-state index >= 15 is 0 Å². The van der Waals surface area contributed by atoms with E-state index in [1.54, 1.807) is 59.6 Å². The van der Waals surface area contributed by atoms with Gasteiger partial charge < -0.3 is 24.0 Å². The fourth-order valence-electron chi connectivity index (χ4n) is 3.87. The first-order valence-corrected chi connectivity index (χ1v) is 10.0. The molecule has 8 heteroatoms. The third-order valence-corrected chi connectivity index (χ3v) is 5.39. The number of hydrogen-bond acceptors (Lipinski definition) is 6. The molecular weight excluding hydrogens is 386 g/mol. The fourth-order valence-corrected chi connectivity index (χ4v) is 3.87. The Labute approximate surface area is 175 Å². The third kappa shape index (κ3) is 4.38. The van der Waals surface area contributed by atoms with Gasteiger partial charge in [0, 0.05) is 31.3 Å². The molecule has 2 aromatic rings. The molecule has 2 saturated heterocycles. The van der Waals surface area contributed by atoms with Gasteiger partial charge in [0.25, 0.3) is 5.91 Å². The van der Waals surface area contributed by atoms with E-state index in [1.165, 1.54) is 0 Å². The number of carbonyl (C=O) groups is 2. The Morgan fingerprint density at radius 1 is 1.13 bits per heavy atom. The maximum Gasteiger partial charge on any atom is 0.254 e. The van der Waals surface area contributed by atoms with Crippen molar-refractivity contribution in [3.05, 3.63) is 54.4 Å². The summed E-state index contributed by atoms with van der Waals surface area (Å²) in [5.74, 6) is 0.944. The lowest BCUT2D eigenvalue weighted by atomic mass is 10.1. The number of aromatic nitrogens is 1. The smallest absolute Gasteiger partial charge is 0.254 e. The van der Waals surface area contributed by atoms with Crippen LogP contribution in [0.2, 0.25) is 0 Å². The maximum atomic E-state index is 13.3. The molecule has 1 aromatic carbocycles. The molecule has 2 fully saturated rings. The van der Waals surface area contributed by atoms with Gasteiger partial charge >= 0.3 is 0 Å². The molecule has 0 aliphatic carbocycles. The molecule has 0 saturated carbocycles. The zero-order valence-corrected chi connectivity index (χ0v) is 16.9. The van der Waals surface area contributed by atoms with Crippen LogP contribution in [-0.2, 0) is 9.53 Å². The number of rotatable bonds is 5. The molecule has 2 aliphatic rings. The summed E-state index contributed by atoms with van der Waals surface area (Å²) in [5.41, 5.74) is 0.483. The molecule has 0 radical (unpaired) electrons. The maximum absolute atomic E-state index is 13.3. The number of nitrogens with zero attached hydrogens (tertiary/aromatic N) is 3.